The Hall–Kier alpha value is -3.74. The minimum Gasteiger partial charge on any atom is -0.465 e. The number of nitrogens with zero attached hydrogens (tertiary/aromatic N) is 4. The van der Waals surface area contributed by atoms with Gasteiger partial charge >= 0.3 is 12.3 Å². The standard InChI is InChI=1S/C27H32F3N5O4S/c1-5-6-7-20(22(36)23(37)32-24-31-13-15-40-24)35(25(38)39)21(26(2,3)4)16-34-14-12-19(33-34)17-8-10-18(11-9-17)27(28,29)30/h8-15,20-21H,5-7,16H2,1-4H3,(H,38,39)(H,31,32,37)/t20-,21+/m0/s1. The number of carboxylic acid groups (broad SMARTS) is 1. The second kappa shape index (κ2) is 12.6. The zero-order valence-electron chi connectivity index (χ0n) is 22.6. The van der Waals surface area contributed by atoms with Gasteiger partial charge in [-0.25, -0.2) is 9.78 Å². The molecule has 2 heterocycles. The number of benzene rings is 1. The lowest BCUT2D eigenvalue weighted by Gasteiger charge is -2.42. The lowest BCUT2D eigenvalue weighted by Crippen LogP contribution is -2.57. The molecular weight excluding hydrogens is 547 g/mol. The number of hydrogen-bond donors (Lipinski definition) is 2. The summed E-state index contributed by atoms with van der Waals surface area (Å²) in [7, 11) is 0. The van der Waals surface area contributed by atoms with Crippen LogP contribution < -0.4 is 5.32 Å². The fraction of sp³-hybridized carbons (Fsp3) is 0.444. The van der Waals surface area contributed by atoms with Crippen molar-refractivity contribution in [3.05, 3.63) is 53.7 Å². The van der Waals surface area contributed by atoms with Gasteiger partial charge in [0, 0.05) is 23.3 Å². The zero-order chi connectivity index (χ0) is 29.7. The molecule has 2 amide bonds. The fourth-order valence-electron chi connectivity index (χ4n) is 4.28. The van der Waals surface area contributed by atoms with Gasteiger partial charge in [-0.1, -0.05) is 52.7 Å². The van der Waals surface area contributed by atoms with E-state index in [9.17, 15) is 32.7 Å². The first-order chi connectivity index (χ1) is 18.7. The molecule has 0 aliphatic carbocycles. The third-order valence-corrected chi connectivity index (χ3v) is 7.10. The Kier molecular flexibility index (Phi) is 9.72. The second-order valence-corrected chi connectivity index (χ2v) is 11.3. The highest BCUT2D eigenvalue weighted by Crippen LogP contribution is 2.32. The van der Waals surface area contributed by atoms with Crippen molar-refractivity contribution < 1.29 is 32.7 Å². The van der Waals surface area contributed by atoms with Crippen LogP contribution in [0.25, 0.3) is 11.3 Å². The number of ketones is 1. The first-order valence-corrected chi connectivity index (χ1v) is 13.6. The first-order valence-electron chi connectivity index (χ1n) is 12.7. The lowest BCUT2D eigenvalue weighted by atomic mass is 9.84. The smallest absolute Gasteiger partial charge is 0.416 e. The maximum absolute atomic E-state index is 13.3. The van der Waals surface area contributed by atoms with Gasteiger partial charge in [0.25, 0.3) is 5.91 Å². The molecule has 3 rings (SSSR count). The van der Waals surface area contributed by atoms with Crippen LogP contribution in [0.1, 0.15) is 52.5 Å². The zero-order valence-corrected chi connectivity index (χ0v) is 23.4. The molecular formula is C27H32F3N5O4S. The molecule has 3 aromatic rings. The van der Waals surface area contributed by atoms with Crippen molar-refractivity contribution in [2.75, 3.05) is 5.32 Å². The maximum Gasteiger partial charge on any atom is 0.416 e. The van der Waals surface area contributed by atoms with Crippen molar-refractivity contribution >= 4 is 34.3 Å². The van der Waals surface area contributed by atoms with Crippen LogP contribution in [0.15, 0.2) is 48.1 Å². The predicted octanol–water partition coefficient (Wildman–Crippen LogP) is 6.19. The Morgan fingerprint density at radius 3 is 2.33 bits per heavy atom. The van der Waals surface area contributed by atoms with Crippen molar-refractivity contribution in [3.8, 4) is 11.3 Å². The van der Waals surface area contributed by atoms with Gasteiger partial charge in [-0.15, -0.1) is 11.3 Å². The average Bonchev–Trinajstić information content (AvgIpc) is 3.56. The number of hydrogen-bond acceptors (Lipinski definition) is 6. The number of carbonyl (C=O) groups excluding carboxylic acids is 2. The van der Waals surface area contributed by atoms with Crippen LogP contribution in [0.4, 0.5) is 23.1 Å². The molecule has 0 unspecified atom stereocenters. The van der Waals surface area contributed by atoms with Crippen LogP contribution in [-0.4, -0.2) is 54.6 Å². The van der Waals surface area contributed by atoms with Gasteiger partial charge in [0.15, 0.2) is 5.13 Å². The number of rotatable bonds is 11. The number of unbranched alkanes of at least 4 members (excludes halogenated alkanes) is 1. The number of nitrogens with one attached hydrogen (secondary N) is 1. The lowest BCUT2D eigenvalue weighted by molar-refractivity contribution is -0.139. The first kappa shape index (κ1) is 30.8. The Morgan fingerprint density at radius 1 is 1.12 bits per heavy atom. The number of carbonyl (C=O) groups is 3. The van der Waals surface area contributed by atoms with E-state index in [2.05, 4.69) is 15.4 Å². The number of halogens is 3. The summed E-state index contributed by atoms with van der Waals surface area (Å²) in [6.45, 7) is 7.41. The molecule has 40 heavy (non-hydrogen) atoms. The molecule has 216 valence electrons. The molecule has 13 heteroatoms. The summed E-state index contributed by atoms with van der Waals surface area (Å²) in [5, 5.41) is 19.1. The third kappa shape index (κ3) is 7.68. The summed E-state index contributed by atoms with van der Waals surface area (Å²) < 4.78 is 40.3. The van der Waals surface area contributed by atoms with Gasteiger partial charge in [0.1, 0.15) is 6.04 Å². The summed E-state index contributed by atoms with van der Waals surface area (Å²) in [5.41, 5.74) is -0.592. The SMILES string of the molecule is CCCC[C@@H](C(=O)C(=O)Nc1nccs1)N(C(=O)O)[C@H](Cn1ccc(-c2ccc(C(F)(F)F)cc2)n1)C(C)(C)C. The monoisotopic (exact) mass is 579 g/mol. The van der Waals surface area contributed by atoms with E-state index >= 15 is 0 Å². The Labute approximate surface area is 234 Å². The van der Waals surface area contributed by atoms with Crippen LogP contribution in [0.2, 0.25) is 0 Å². The largest absolute Gasteiger partial charge is 0.465 e. The summed E-state index contributed by atoms with van der Waals surface area (Å²) in [4.78, 5) is 43.8. The van der Waals surface area contributed by atoms with Crippen molar-refractivity contribution in [1.82, 2.24) is 19.7 Å². The second-order valence-electron chi connectivity index (χ2n) is 10.4. The Balaban J connectivity index is 1.91. The fourth-order valence-corrected chi connectivity index (χ4v) is 4.80. The normalized spacial score (nSPS) is 13.5. The van der Waals surface area contributed by atoms with E-state index < -0.39 is 47.0 Å². The molecule has 2 aromatic heterocycles. The molecule has 0 aliphatic rings. The molecule has 1 aromatic carbocycles. The summed E-state index contributed by atoms with van der Waals surface area (Å²) in [6, 6.07) is 4.17. The molecule has 0 saturated heterocycles. The van der Waals surface area contributed by atoms with Gasteiger partial charge in [-0.2, -0.15) is 18.3 Å². The maximum atomic E-state index is 13.3. The van der Waals surface area contributed by atoms with Gasteiger partial charge in [0.05, 0.1) is 23.8 Å². The predicted molar refractivity (Wildman–Crippen MR) is 145 cm³/mol. The minimum atomic E-state index is -4.46. The van der Waals surface area contributed by atoms with Crippen molar-refractivity contribution in [2.24, 2.45) is 5.41 Å². The van der Waals surface area contributed by atoms with Crippen LogP contribution in [0, 0.1) is 5.41 Å². The van der Waals surface area contributed by atoms with Gasteiger partial charge in [-0.3, -0.25) is 24.5 Å². The summed E-state index contributed by atoms with van der Waals surface area (Å²) in [5.74, 6) is -1.83. The molecule has 2 N–H and O–H groups in total. The molecule has 0 bridgehead atoms. The number of aromatic nitrogens is 3. The van der Waals surface area contributed by atoms with E-state index in [-0.39, 0.29) is 18.1 Å². The molecule has 2 atom stereocenters. The van der Waals surface area contributed by atoms with Crippen LogP contribution in [-0.2, 0) is 22.3 Å². The number of Topliss-reactive ketones (excluding diaryl/α,β-unsaturated/α-hetero) is 1. The van der Waals surface area contributed by atoms with Crippen LogP contribution in [0.3, 0.4) is 0 Å². The molecule has 0 spiro atoms. The number of anilines is 1. The highest BCUT2D eigenvalue weighted by atomic mass is 32.1. The summed E-state index contributed by atoms with van der Waals surface area (Å²) >= 11 is 1.14. The van der Waals surface area contributed by atoms with E-state index in [1.165, 1.54) is 23.0 Å². The third-order valence-electron chi connectivity index (χ3n) is 6.41. The average molecular weight is 580 g/mol. The Morgan fingerprint density at radius 2 is 1.80 bits per heavy atom. The topological polar surface area (TPSA) is 117 Å². The van der Waals surface area contributed by atoms with Crippen molar-refractivity contribution in [1.29, 1.82) is 0 Å². The number of thiazole rings is 1. The number of alkyl halides is 3. The Bertz CT molecular complexity index is 1300. The van der Waals surface area contributed by atoms with E-state index in [4.69, 9.17) is 0 Å². The van der Waals surface area contributed by atoms with E-state index in [0.29, 0.717) is 24.1 Å². The quantitative estimate of drug-likeness (QED) is 0.262. The molecule has 9 nitrogen and oxygen atoms in total. The van der Waals surface area contributed by atoms with E-state index in [0.717, 1.165) is 28.4 Å². The number of amides is 2. The molecule has 0 aliphatic heterocycles. The minimum absolute atomic E-state index is 0.0421. The van der Waals surface area contributed by atoms with Crippen molar-refractivity contribution in [2.45, 2.75) is 71.8 Å². The molecule has 0 saturated carbocycles. The molecule has 0 fully saturated rings. The highest BCUT2D eigenvalue weighted by molar-refractivity contribution is 7.13. The van der Waals surface area contributed by atoms with E-state index in [1.54, 1.807) is 17.6 Å². The van der Waals surface area contributed by atoms with Gasteiger partial charge in [0.2, 0.25) is 5.78 Å². The van der Waals surface area contributed by atoms with E-state index in [1.807, 2.05) is 27.7 Å². The van der Waals surface area contributed by atoms with Crippen molar-refractivity contribution in [3.63, 3.8) is 0 Å². The van der Waals surface area contributed by atoms with Crippen LogP contribution in [0.5, 0.6) is 0 Å². The van der Waals surface area contributed by atoms with Crippen LogP contribution >= 0.6 is 11.3 Å². The van der Waals surface area contributed by atoms with Gasteiger partial charge < -0.3 is 5.11 Å². The van der Waals surface area contributed by atoms with Gasteiger partial charge in [-0.05, 0) is 30.0 Å². The summed E-state index contributed by atoms with van der Waals surface area (Å²) in [6.07, 6.45) is -1.39. The molecule has 0 radical (unpaired) electrons. The highest BCUT2D eigenvalue weighted by Gasteiger charge is 2.42.